The Morgan fingerprint density at radius 3 is 2.31 bits per heavy atom. The van der Waals surface area contributed by atoms with Gasteiger partial charge in [0.1, 0.15) is 12.2 Å². The average Bonchev–Trinajstić information content (AvgIpc) is 1.81. The molecule has 0 aromatic heterocycles. The van der Waals surface area contributed by atoms with Crippen molar-refractivity contribution in [3.05, 3.63) is 0 Å². The van der Waals surface area contributed by atoms with Crippen LogP contribution in [0.4, 0.5) is 13.2 Å². The van der Waals surface area contributed by atoms with Crippen molar-refractivity contribution in [3.63, 3.8) is 0 Å². The van der Waals surface area contributed by atoms with E-state index < -0.39 is 18.4 Å². The molecule has 13 heavy (non-hydrogen) atoms. The normalized spacial score (nSPS) is 14.2. The van der Waals surface area contributed by atoms with Crippen LogP contribution in [0.15, 0.2) is 0 Å². The molecule has 78 valence electrons. The minimum absolute atomic E-state index is 0.0490. The molecule has 0 heterocycles. The van der Waals surface area contributed by atoms with Gasteiger partial charge in [0.25, 0.3) is 0 Å². The van der Waals surface area contributed by atoms with Crippen molar-refractivity contribution in [2.75, 3.05) is 0 Å². The van der Waals surface area contributed by atoms with Gasteiger partial charge in [-0.1, -0.05) is 26.7 Å². The Bertz CT molecular complexity index is 163. The van der Waals surface area contributed by atoms with E-state index in [1.54, 1.807) is 6.92 Å². The molecule has 0 aromatic rings. The number of hydrogen-bond donors (Lipinski definition) is 0. The van der Waals surface area contributed by atoms with Crippen molar-refractivity contribution in [2.45, 2.75) is 45.7 Å². The molecule has 0 rings (SSSR count). The lowest BCUT2D eigenvalue weighted by molar-refractivity contribution is -0.152. The molecular weight excluding hydrogens is 181 g/mol. The van der Waals surface area contributed by atoms with E-state index in [1.807, 2.05) is 6.92 Å². The van der Waals surface area contributed by atoms with Gasteiger partial charge < -0.3 is 0 Å². The number of hydrogen-bond acceptors (Lipinski definition) is 1. The fourth-order valence-electron chi connectivity index (χ4n) is 1.28. The first-order valence-corrected chi connectivity index (χ1v) is 4.43. The first-order valence-electron chi connectivity index (χ1n) is 4.43. The fraction of sp³-hybridized carbons (Fsp3) is 0.889. The molecule has 0 aliphatic carbocycles. The summed E-state index contributed by atoms with van der Waals surface area (Å²) in [5.41, 5.74) is 0. The monoisotopic (exact) mass is 196 g/mol. The third-order valence-electron chi connectivity index (χ3n) is 1.76. The third kappa shape index (κ3) is 7.81. The van der Waals surface area contributed by atoms with Crippen LogP contribution >= 0.6 is 0 Å². The van der Waals surface area contributed by atoms with Gasteiger partial charge in [-0.2, -0.15) is 13.2 Å². The van der Waals surface area contributed by atoms with E-state index in [-0.39, 0.29) is 12.3 Å². The molecule has 1 nitrogen and oxygen atoms in total. The molecule has 0 bridgehead atoms. The Labute approximate surface area is 76.3 Å². The maximum absolute atomic E-state index is 11.7. The number of halogens is 3. The van der Waals surface area contributed by atoms with Crippen LogP contribution in [0.1, 0.15) is 39.5 Å². The summed E-state index contributed by atoms with van der Waals surface area (Å²) in [6.45, 7) is 3.75. The maximum atomic E-state index is 11.7. The van der Waals surface area contributed by atoms with Crippen LogP contribution < -0.4 is 0 Å². The van der Waals surface area contributed by atoms with E-state index in [2.05, 4.69) is 0 Å². The van der Waals surface area contributed by atoms with Gasteiger partial charge in [-0.05, 0) is 5.92 Å². The van der Waals surface area contributed by atoms with Crippen LogP contribution in [0.2, 0.25) is 0 Å². The smallest absolute Gasteiger partial charge is 0.299 e. The summed E-state index contributed by atoms with van der Waals surface area (Å²) >= 11 is 0. The lowest BCUT2D eigenvalue weighted by Crippen LogP contribution is -2.16. The van der Waals surface area contributed by atoms with Crippen LogP contribution in [0, 0.1) is 5.92 Å². The molecule has 0 saturated carbocycles. The third-order valence-corrected chi connectivity index (χ3v) is 1.76. The van der Waals surface area contributed by atoms with Gasteiger partial charge in [-0.25, -0.2) is 0 Å². The number of carbonyl (C=O) groups is 1. The molecule has 0 spiro atoms. The Hall–Kier alpha value is -0.540. The number of carbonyl (C=O) groups excluding carboxylic acids is 1. The van der Waals surface area contributed by atoms with Crippen LogP contribution in [-0.4, -0.2) is 12.0 Å². The molecule has 0 radical (unpaired) electrons. The molecule has 1 atom stereocenters. The fourth-order valence-corrected chi connectivity index (χ4v) is 1.28. The minimum Gasteiger partial charge on any atom is -0.299 e. The summed E-state index contributed by atoms with van der Waals surface area (Å²) in [5, 5.41) is 0. The van der Waals surface area contributed by atoms with Crippen molar-refractivity contribution in [1.29, 1.82) is 0 Å². The van der Waals surface area contributed by atoms with Crippen LogP contribution in [0.3, 0.4) is 0 Å². The zero-order valence-corrected chi connectivity index (χ0v) is 7.95. The highest BCUT2D eigenvalue weighted by Gasteiger charge is 2.31. The molecule has 0 aromatic carbocycles. The molecule has 0 N–H and O–H groups in total. The standard InChI is InChI=1S/C9H15F3O/c1-3-4-7(2)5-8(13)6-9(10,11)12/h7H,3-6H2,1-2H3. The highest BCUT2D eigenvalue weighted by atomic mass is 19.4. The van der Waals surface area contributed by atoms with Gasteiger partial charge in [-0.3, -0.25) is 4.79 Å². The van der Waals surface area contributed by atoms with Gasteiger partial charge >= 0.3 is 6.18 Å². The summed E-state index contributed by atoms with van der Waals surface area (Å²) in [5.74, 6) is -0.631. The van der Waals surface area contributed by atoms with E-state index in [1.165, 1.54) is 0 Å². The molecule has 4 heteroatoms. The summed E-state index contributed by atoms with van der Waals surface area (Å²) in [6.07, 6.45) is -3.86. The molecule has 0 fully saturated rings. The zero-order valence-electron chi connectivity index (χ0n) is 7.95. The van der Waals surface area contributed by atoms with Crippen molar-refractivity contribution < 1.29 is 18.0 Å². The van der Waals surface area contributed by atoms with Crippen molar-refractivity contribution in [2.24, 2.45) is 5.92 Å². The second-order valence-corrected chi connectivity index (χ2v) is 3.43. The lowest BCUT2D eigenvalue weighted by atomic mass is 9.98. The van der Waals surface area contributed by atoms with Gasteiger partial charge in [0, 0.05) is 6.42 Å². The SMILES string of the molecule is CCCC(C)CC(=O)CC(F)(F)F. The van der Waals surface area contributed by atoms with E-state index in [0.29, 0.717) is 0 Å². The summed E-state index contributed by atoms with van der Waals surface area (Å²) in [7, 11) is 0. The Morgan fingerprint density at radius 1 is 1.38 bits per heavy atom. The highest BCUT2D eigenvalue weighted by Crippen LogP contribution is 2.22. The second-order valence-electron chi connectivity index (χ2n) is 3.43. The Kier molecular flexibility index (Phi) is 5.03. The quantitative estimate of drug-likeness (QED) is 0.659. The predicted octanol–water partition coefficient (Wildman–Crippen LogP) is 3.33. The van der Waals surface area contributed by atoms with Gasteiger partial charge in [0.15, 0.2) is 0 Å². The van der Waals surface area contributed by atoms with E-state index in [4.69, 9.17) is 0 Å². The molecule has 0 saturated heterocycles. The lowest BCUT2D eigenvalue weighted by Gasteiger charge is -2.09. The number of alkyl halides is 3. The molecule has 0 aliphatic heterocycles. The number of Topliss-reactive ketones (excluding diaryl/α,β-unsaturated/α-hetero) is 1. The van der Waals surface area contributed by atoms with Crippen LogP contribution in [0.25, 0.3) is 0 Å². The number of rotatable bonds is 5. The highest BCUT2D eigenvalue weighted by molar-refractivity contribution is 5.79. The Balaban J connectivity index is 3.74. The second kappa shape index (κ2) is 5.25. The predicted molar refractivity (Wildman–Crippen MR) is 44.4 cm³/mol. The molecule has 0 amide bonds. The first kappa shape index (κ1) is 12.5. The topological polar surface area (TPSA) is 17.1 Å². The number of ketones is 1. The van der Waals surface area contributed by atoms with Gasteiger partial charge in [0.05, 0.1) is 0 Å². The first-order chi connectivity index (χ1) is 5.85. The molecule has 1 unspecified atom stereocenters. The van der Waals surface area contributed by atoms with E-state index >= 15 is 0 Å². The van der Waals surface area contributed by atoms with E-state index in [0.717, 1.165) is 12.8 Å². The summed E-state index contributed by atoms with van der Waals surface area (Å²) < 4.78 is 35.2. The summed E-state index contributed by atoms with van der Waals surface area (Å²) in [6, 6.07) is 0. The van der Waals surface area contributed by atoms with Gasteiger partial charge in [0.2, 0.25) is 0 Å². The molecular formula is C9H15F3O. The summed E-state index contributed by atoms with van der Waals surface area (Å²) in [4.78, 5) is 10.8. The van der Waals surface area contributed by atoms with Crippen molar-refractivity contribution in [1.82, 2.24) is 0 Å². The zero-order chi connectivity index (χ0) is 10.5. The Morgan fingerprint density at radius 2 is 1.92 bits per heavy atom. The van der Waals surface area contributed by atoms with Gasteiger partial charge in [-0.15, -0.1) is 0 Å². The van der Waals surface area contributed by atoms with E-state index in [9.17, 15) is 18.0 Å². The maximum Gasteiger partial charge on any atom is 0.395 e. The van der Waals surface area contributed by atoms with Crippen molar-refractivity contribution >= 4 is 5.78 Å². The van der Waals surface area contributed by atoms with Crippen LogP contribution in [-0.2, 0) is 4.79 Å². The molecule has 0 aliphatic rings. The largest absolute Gasteiger partial charge is 0.395 e. The minimum atomic E-state index is -4.34. The average molecular weight is 196 g/mol. The van der Waals surface area contributed by atoms with Crippen molar-refractivity contribution in [3.8, 4) is 0 Å². The van der Waals surface area contributed by atoms with Crippen LogP contribution in [0.5, 0.6) is 0 Å².